The zero-order chi connectivity index (χ0) is 23.0. The van der Waals surface area contributed by atoms with E-state index in [1.165, 1.54) is 30.6 Å². The van der Waals surface area contributed by atoms with Crippen LogP contribution >= 0.6 is 11.3 Å². The molecule has 0 aliphatic carbocycles. The van der Waals surface area contributed by atoms with Crippen LogP contribution in [0.25, 0.3) is 10.2 Å². The fraction of sp³-hybridized carbons (Fsp3) is 0.286. The lowest BCUT2D eigenvalue weighted by Gasteiger charge is -2.21. The summed E-state index contributed by atoms with van der Waals surface area (Å²) in [4.78, 5) is 29.3. The average Bonchev–Trinajstić information content (AvgIpc) is 3.39. The Balaban J connectivity index is 1.68. The van der Waals surface area contributed by atoms with Crippen molar-refractivity contribution < 1.29 is 27.1 Å². The molecule has 0 saturated carbocycles. The lowest BCUT2D eigenvalue weighted by atomic mass is 10.2. The Labute approximate surface area is 187 Å². The number of ether oxygens (including phenoxy) is 1. The first kappa shape index (κ1) is 22.3. The first-order valence-electron chi connectivity index (χ1n) is 9.76. The predicted molar refractivity (Wildman–Crippen MR) is 116 cm³/mol. The van der Waals surface area contributed by atoms with E-state index >= 15 is 0 Å². The van der Waals surface area contributed by atoms with Gasteiger partial charge >= 0.3 is 5.97 Å². The van der Waals surface area contributed by atoms with Gasteiger partial charge < -0.3 is 9.30 Å². The second-order valence-electron chi connectivity index (χ2n) is 7.30. The second kappa shape index (κ2) is 8.57. The summed E-state index contributed by atoms with van der Waals surface area (Å²) in [5.74, 6) is -1.57. The van der Waals surface area contributed by atoms with E-state index in [-0.39, 0.29) is 11.4 Å². The van der Waals surface area contributed by atoms with Crippen LogP contribution in [0.4, 0.5) is 4.39 Å². The molecule has 0 spiro atoms. The molecule has 3 aromatic rings. The summed E-state index contributed by atoms with van der Waals surface area (Å²) in [6.07, 6.45) is 0.872. The smallest absolute Gasteiger partial charge is 0.337 e. The van der Waals surface area contributed by atoms with E-state index < -0.39 is 33.8 Å². The summed E-state index contributed by atoms with van der Waals surface area (Å²) in [5, 5.41) is 0. The highest BCUT2D eigenvalue weighted by molar-refractivity contribution is 7.89. The molecule has 32 heavy (non-hydrogen) atoms. The van der Waals surface area contributed by atoms with Gasteiger partial charge in [0.15, 0.2) is 4.80 Å². The number of esters is 1. The van der Waals surface area contributed by atoms with E-state index in [1.54, 1.807) is 29.8 Å². The first-order chi connectivity index (χ1) is 15.2. The number of thiazole rings is 1. The molecule has 1 fully saturated rings. The summed E-state index contributed by atoms with van der Waals surface area (Å²) < 4.78 is 47.6. The Morgan fingerprint density at radius 2 is 1.91 bits per heavy atom. The third-order valence-corrected chi connectivity index (χ3v) is 8.36. The molecule has 0 N–H and O–H groups in total. The largest absolute Gasteiger partial charge is 0.465 e. The molecule has 168 valence electrons. The minimum Gasteiger partial charge on any atom is -0.465 e. The molecular formula is C21H20FN3O5S2. The Hall–Kier alpha value is -2.89. The zero-order valence-electron chi connectivity index (χ0n) is 17.3. The Kier molecular flexibility index (Phi) is 5.97. The summed E-state index contributed by atoms with van der Waals surface area (Å²) in [6, 6.07) is 8.62. The number of carbonyl (C=O) groups is 2. The zero-order valence-corrected chi connectivity index (χ0v) is 19.0. The number of sulfonamides is 1. The number of nitrogens with zero attached hydrogens (tertiary/aromatic N) is 3. The van der Waals surface area contributed by atoms with Crippen LogP contribution in [0.5, 0.6) is 0 Å². The molecule has 2 heterocycles. The highest BCUT2D eigenvalue weighted by atomic mass is 32.2. The molecule has 1 aliphatic heterocycles. The molecular weight excluding hydrogens is 457 g/mol. The number of amides is 1. The molecule has 1 saturated heterocycles. The van der Waals surface area contributed by atoms with Gasteiger partial charge in [-0.25, -0.2) is 17.6 Å². The number of rotatable bonds is 4. The maximum Gasteiger partial charge on any atom is 0.337 e. The van der Waals surface area contributed by atoms with Gasteiger partial charge in [0.2, 0.25) is 10.0 Å². The summed E-state index contributed by atoms with van der Waals surface area (Å²) in [6.45, 7) is 0.187. The Bertz CT molecular complexity index is 1380. The predicted octanol–water partition coefficient (Wildman–Crippen LogP) is 2.45. The van der Waals surface area contributed by atoms with Crippen LogP contribution in [0.15, 0.2) is 52.4 Å². The normalized spacial score (nSPS) is 17.7. The molecule has 1 unspecified atom stereocenters. The highest BCUT2D eigenvalue weighted by Gasteiger charge is 2.39. The number of aromatic nitrogens is 1. The Morgan fingerprint density at radius 1 is 1.19 bits per heavy atom. The van der Waals surface area contributed by atoms with Crippen LogP contribution < -0.4 is 4.80 Å². The monoisotopic (exact) mass is 477 g/mol. The van der Waals surface area contributed by atoms with Crippen molar-refractivity contribution in [1.29, 1.82) is 0 Å². The molecule has 1 atom stereocenters. The maximum atomic E-state index is 13.2. The lowest BCUT2D eigenvalue weighted by molar-refractivity contribution is -0.121. The van der Waals surface area contributed by atoms with E-state index in [9.17, 15) is 22.4 Å². The summed E-state index contributed by atoms with van der Waals surface area (Å²) >= 11 is 1.22. The molecule has 2 aromatic carbocycles. The fourth-order valence-electron chi connectivity index (χ4n) is 3.67. The average molecular weight is 478 g/mol. The number of fused-ring (bicyclic) bond motifs is 1. The van der Waals surface area contributed by atoms with Crippen LogP contribution in [-0.4, -0.2) is 48.9 Å². The Morgan fingerprint density at radius 3 is 2.59 bits per heavy atom. The van der Waals surface area contributed by atoms with Gasteiger partial charge in [0.05, 0.1) is 27.8 Å². The lowest BCUT2D eigenvalue weighted by Crippen LogP contribution is -2.40. The van der Waals surface area contributed by atoms with Gasteiger partial charge in [-0.05, 0) is 55.3 Å². The molecule has 0 radical (unpaired) electrons. The number of hydrogen-bond acceptors (Lipinski definition) is 6. The molecule has 1 aromatic heterocycles. The van der Waals surface area contributed by atoms with Crippen LogP contribution in [0, 0.1) is 5.82 Å². The number of hydrogen-bond donors (Lipinski definition) is 0. The number of aryl methyl sites for hydroxylation is 1. The van der Waals surface area contributed by atoms with E-state index in [0.29, 0.717) is 23.2 Å². The topological polar surface area (TPSA) is 98.0 Å². The SMILES string of the molecule is COC(=O)c1ccc2c(c1)sc(=NC(=O)C1CCCN1S(=O)(=O)c1ccc(F)cc1)n2C. The molecule has 1 amide bonds. The second-order valence-corrected chi connectivity index (χ2v) is 10.2. The van der Waals surface area contributed by atoms with Crippen molar-refractivity contribution in [3.8, 4) is 0 Å². The molecule has 11 heteroatoms. The van der Waals surface area contributed by atoms with Crippen LogP contribution in [0.3, 0.4) is 0 Å². The van der Waals surface area contributed by atoms with Crippen molar-refractivity contribution in [1.82, 2.24) is 8.87 Å². The van der Waals surface area contributed by atoms with Crippen molar-refractivity contribution in [2.24, 2.45) is 12.0 Å². The standard InChI is InChI=1S/C21H20FN3O5S2/c1-24-16-10-5-13(20(27)30-2)12-18(16)31-21(24)23-19(26)17-4-3-11-25(17)32(28,29)15-8-6-14(22)7-9-15/h5-10,12,17H,3-4,11H2,1-2H3. The van der Waals surface area contributed by atoms with Crippen molar-refractivity contribution >= 4 is 43.5 Å². The fourth-order valence-corrected chi connectivity index (χ4v) is 6.38. The molecule has 1 aliphatic rings. The van der Waals surface area contributed by atoms with E-state index in [0.717, 1.165) is 26.7 Å². The summed E-state index contributed by atoms with van der Waals surface area (Å²) in [5.41, 5.74) is 1.16. The van der Waals surface area contributed by atoms with Gasteiger partial charge in [-0.2, -0.15) is 9.30 Å². The number of benzene rings is 2. The van der Waals surface area contributed by atoms with Gasteiger partial charge in [-0.15, -0.1) is 0 Å². The van der Waals surface area contributed by atoms with Crippen LogP contribution in [0.2, 0.25) is 0 Å². The molecule has 8 nitrogen and oxygen atoms in total. The number of methoxy groups -OCH3 is 1. The van der Waals surface area contributed by atoms with Crippen molar-refractivity contribution in [3.05, 3.63) is 58.6 Å². The highest BCUT2D eigenvalue weighted by Crippen LogP contribution is 2.27. The van der Waals surface area contributed by atoms with E-state index in [2.05, 4.69) is 4.99 Å². The molecule has 4 rings (SSSR count). The van der Waals surface area contributed by atoms with Gasteiger partial charge in [0, 0.05) is 13.6 Å². The van der Waals surface area contributed by atoms with Crippen molar-refractivity contribution in [2.45, 2.75) is 23.8 Å². The van der Waals surface area contributed by atoms with E-state index in [4.69, 9.17) is 4.74 Å². The first-order valence-corrected chi connectivity index (χ1v) is 12.0. The minimum absolute atomic E-state index is 0.0682. The third kappa shape index (κ3) is 3.98. The molecule has 0 bridgehead atoms. The van der Waals surface area contributed by atoms with Crippen LogP contribution in [0.1, 0.15) is 23.2 Å². The van der Waals surface area contributed by atoms with Crippen molar-refractivity contribution in [3.63, 3.8) is 0 Å². The number of carbonyl (C=O) groups excluding carboxylic acids is 2. The van der Waals surface area contributed by atoms with Crippen molar-refractivity contribution in [2.75, 3.05) is 13.7 Å². The third-order valence-electron chi connectivity index (χ3n) is 5.35. The van der Waals surface area contributed by atoms with Gasteiger partial charge in [0.1, 0.15) is 11.9 Å². The summed E-state index contributed by atoms with van der Waals surface area (Å²) in [7, 11) is -0.924. The maximum absolute atomic E-state index is 13.2. The van der Waals surface area contributed by atoms with E-state index in [1.807, 2.05) is 0 Å². The van der Waals surface area contributed by atoms with Gasteiger partial charge in [0.25, 0.3) is 5.91 Å². The van der Waals surface area contributed by atoms with Crippen LogP contribution in [-0.2, 0) is 26.6 Å². The minimum atomic E-state index is -3.96. The van der Waals surface area contributed by atoms with Gasteiger partial charge in [-0.3, -0.25) is 4.79 Å². The van der Waals surface area contributed by atoms with Gasteiger partial charge in [-0.1, -0.05) is 11.3 Å². The quantitative estimate of drug-likeness (QED) is 0.538. The number of halogens is 1.